The molecule has 0 aliphatic heterocycles. The van der Waals surface area contributed by atoms with Gasteiger partial charge in [-0.05, 0) is 154 Å². The van der Waals surface area contributed by atoms with E-state index < -0.39 is 91.5 Å². The lowest BCUT2D eigenvalue weighted by Gasteiger charge is -2.21. The topological polar surface area (TPSA) is 231 Å². The van der Waals surface area contributed by atoms with Crippen molar-refractivity contribution in [2.75, 3.05) is 39.6 Å². The third-order valence-corrected chi connectivity index (χ3v) is 16.3. The van der Waals surface area contributed by atoms with Crippen LogP contribution in [-0.4, -0.2) is 95.9 Å². The van der Waals surface area contributed by atoms with Gasteiger partial charge < -0.3 is 34.2 Å². The highest BCUT2D eigenvalue weighted by Gasteiger charge is 2.29. The Hall–Kier alpha value is -5.09. The SMILES string of the molecule is CC/C=C\C/C=C\C/C=C\C/C=C\C/C=C\CCCCCCCC(=O)OCC(O)COP(=O)(O)OCC(O)COP(=O)(O)OCC(COC(=O)CCCCCCC/C=C\C/C=C\C/C=C\C/C=C\CCCCC)OC(=O)CCCCC/C=C\C/C=C\C/C=C\C/C=C\C/C=C\CC. The fraction of sp³-hybridized carbons (Fsp3) is 0.608. The molecule has 0 heterocycles. The van der Waals surface area contributed by atoms with Gasteiger partial charge in [0.2, 0.25) is 0 Å². The predicted octanol–water partition coefficient (Wildman–Crippen LogP) is 20.9. The van der Waals surface area contributed by atoms with E-state index in [9.17, 15) is 43.5 Å². The lowest BCUT2D eigenvalue weighted by Crippen LogP contribution is -2.30. The van der Waals surface area contributed by atoms with Crippen LogP contribution in [0.15, 0.2) is 170 Å². The molecule has 18 heteroatoms. The summed E-state index contributed by atoms with van der Waals surface area (Å²) in [5.74, 6) is -1.66. The first kappa shape index (κ1) is 91.9. The minimum Gasteiger partial charge on any atom is -0.463 e. The number of ether oxygens (including phenoxy) is 3. The van der Waals surface area contributed by atoms with E-state index in [2.05, 4.69) is 191 Å². The van der Waals surface area contributed by atoms with Crippen molar-refractivity contribution in [3.05, 3.63) is 170 Å². The third-order valence-electron chi connectivity index (χ3n) is 14.4. The number of rotatable bonds is 67. The summed E-state index contributed by atoms with van der Waals surface area (Å²) in [6.45, 7) is 2.30. The number of hydrogen-bond donors (Lipinski definition) is 4. The van der Waals surface area contributed by atoms with E-state index in [0.29, 0.717) is 19.3 Å². The molecular formula is C79H128O16P2. The summed E-state index contributed by atoms with van der Waals surface area (Å²) in [6, 6.07) is 0. The van der Waals surface area contributed by atoms with Crippen LogP contribution >= 0.6 is 15.6 Å². The maximum Gasteiger partial charge on any atom is 0.472 e. The van der Waals surface area contributed by atoms with Crippen LogP contribution in [0.25, 0.3) is 0 Å². The van der Waals surface area contributed by atoms with Crippen LogP contribution in [-0.2, 0) is 55.8 Å². The van der Waals surface area contributed by atoms with Gasteiger partial charge >= 0.3 is 33.6 Å². The third kappa shape index (κ3) is 72.0. The summed E-state index contributed by atoms with van der Waals surface area (Å²) in [5.41, 5.74) is 0. The molecule has 0 fully saturated rings. The zero-order valence-electron chi connectivity index (χ0n) is 59.7. The zero-order valence-corrected chi connectivity index (χ0v) is 61.5. The number of aliphatic hydroxyl groups is 2. The van der Waals surface area contributed by atoms with Gasteiger partial charge in [-0.1, -0.05) is 249 Å². The van der Waals surface area contributed by atoms with Crippen molar-refractivity contribution in [3.63, 3.8) is 0 Å². The van der Waals surface area contributed by atoms with E-state index in [4.69, 9.17) is 32.3 Å². The Bertz CT molecular complexity index is 2440. The van der Waals surface area contributed by atoms with E-state index in [1.54, 1.807) is 0 Å². The molecule has 0 aliphatic rings. The molecule has 0 saturated carbocycles. The van der Waals surface area contributed by atoms with Gasteiger partial charge in [-0.25, -0.2) is 9.13 Å². The van der Waals surface area contributed by atoms with Crippen LogP contribution in [0.3, 0.4) is 0 Å². The number of carbonyl (C=O) groups is 3. The van der Waals surface area contributed by atoms with Gasteiger partial charge in [0.05, 0.1) is 26.4 Å². The molecule has 4 N–H and O–H groups in total. The molecule has 5 unspecified atom stereocenters. The number of carbonyl (C=O) groups excluding carboxylic acids is 3. The first-order valence-corrected chi connectivity index (χ1v) is 39.4. The van der Waals surface area contributed by atoms with Crippen molar-refractivity contribution in [2.45, 2.75) is 270 Å². The summed E-state index contributed by atoms with van der Waals surface area (Å²) in [5, 5.41) is 20.6. The fourth-order valence-corrected chi connectivity index (χ4v) is 10.5. The molecule has 0 saturated heterocycles. The van der Waals surface area contributed by atoms with Crippen molar-refractivity contribution >= 4 is 33.6 Å². The standard InChI is InChI=1S/C79H128O16P2/c1-4-7-10-13-16-19-22-25-28-31-34-36-39-41-44-47-50-53-56-59-62-65-77(82)89-68-74(80)69-91-96(85,86)92-70-75(81)71-93-97(87,88)94-73-76(95-79(84)67-64-61-58-55-52-49-46-43-38-33-30-27-24-21-18-15-12-9-6-3)72-90-78(83)66-63-60-57-54-51-48-45-42-40-37-35-32-29-26-23-20-17-14-11-8-5-2/h7,9-10,12,16-21,25-30,34-38,41-45,49,52,74-76,80-81H,4-6,8,11,13-15,22-24,31-33,39-40,46-48,50-51,53-73H2,1-3H3,(H,85,86)(H,87,88)/b10-7-,12-9-,19-16-,20-17-,21-18-,28-25-,29-26-,30-27-,36-34-,37-35-,43-38-,44-41-,45-42-,52-49-. The highest BCUT2D eigenvalue weighted by Crippen LogP contribution is 2.45. The average molecular weight is 1400 g/mol. The molecule has 5 atom stereocenters. The maximum atomic E-state index is 13.0. The van der Waals surface area contributed by atoms with Gasteiger partial charge in [0.1, 0.15) is 25.4 Å². The van der Waals surface area contributed by atoms with E-state index in [-0.39, 0.29) is 19.3 Å². The van der Waals surface area contributed by atoms with Crippen molar-refractivity contribution in [3.8, 4) is 0 Å². The molecule has 16 nitrogen and oxygen atoms in total. The molecule has 0 bridgehead atoms. The van der Waals surface area contributed by atoms with Crippen molar-refractivity contribution < 1.29 is 75.8 Å². The number of esters is 3. The molecule has 550 valence electrons. The Morgan fingerprint density at radius 2 is 0.546 bits per heavy atom. The quantitative estimate of drug-likeness (QED) is 0.0146. The van der Waals surface area contributed by atoms with Gasteiger partial charge in [0, 0.05) is 19.3 Å². The Kier molecular flexibility index (Phi) is 67.0. The summed E-state index contributed by atoms with van der Waals surface area (Å²) in [6.07, 6.45) is 88.2. The van der Waals surface area contributed by atoms with Crippen LogP contribution in [0.2, 0.25) is 0 Å². The second-order valence-electron chi connectivity index (χ2n) is 23.6. The summed E-state index contributed by atoms with van der Waals surface area (Å²) in [4.78, 5) is 58.6. The molecule has 0 aliphatic carbocycles. The van der Waals surface area contributed by atoms with Crippen LogP contribution in [0, 0.1) is 0 Å². The van der Waals surface area contributed by atoms with Gasteiger partial charge in [-0.2, -0.15) is 0 Å². The number of aliphatic hydroxyl groups excluding tert-OH is 2. The maximum absolute atomic E-state index is 13.0. The highest BCUT2D eigenvalue weighted by atomic mass is 31.2. The summed E-state index contributed by atoms with van der Waals surface area (Å²) < 4.78 is 61.0. The average Bonchev–Trinajstić information content (AvgIpc) is 1.90. The molecule has 0 amide bonds. The predicted molar refractivity (Wildman–Crippen MR) is 398 cm³/mol. The van der Waals surface area contributed by atoms with Gasteiger partial charge in [0.15, 0.2) is 6.10 Å². The van der Waals surface area contributed by atoms with Crippen molar-refractivity contribution in [1.82, 2.24) is 0 Å². The highest BCUT2D eigenvalue weighted by molar-refractivity contribution is 7.47. The minimum absolute atomic E-state index is 0.0534. The number of hydrogen-bond acceptors (Lipinski definition) is 14. The smallest absolute Gasteiger partial charge is 0.463 e. The first-order chi connectivity index (χ1) is 47.2. The normalized spacial score (nSPS) is 15.1. The summed E-state index contributed by atoms with van der Waals surface area (Å²) in [7, 11) is -9.82. The molecule has 0 radical (unpaired) electrons. The minimum atomic E-state index is -4.95. The Labute approximate surface area is 586 Å². The fourth-order valence-electron chi connectivity index (χ4n) is 8.90. The monoisotopic (exact) mass is 1390 g/mol. The van der Waals surface area contributed by atoms with Crippen molar-refractivity contribution in [1.29, 1.82) is 0 Å². The van der Waals surface area contributed by atoms with Crippen LogP contribution in [0.5, 0.6) is 0 Å². The van der Waals surface area contributed by atoms with Crippen LogP contribution < -0.4 is 0 Å². The first-order valence-electron chi connectivity index (χ1n) is 36.4. The lowest BCUT2D eigenvalue weighted by atomic mass is 10.1. The van der Waals surface area contributed by atoms with Crippen LogP contribution in [0.4, 0.5) is 0 Å². The van der Waals surface area contributed by atoms with E-state index >= 15 is 0 Å². The molecule has 0 rings (SSSR count). The number of phosphoric acid groups is 2. The Morgan fingerprint density at radius 1 is 0.299 bits per heavy atom. The van der Waals surface area contributed by atoms with Crippen LogP contribution in [0.1, 0.15) is 252 Å². The number of unbranched alkanes of at least 4 members (excludes halogenated alkanes) is 16. The Morgan fingerprint density at radius 3 is 0.876 bits per heavy atom. The van der Waals surface area contributed by atoms with Gasteiger partial charge in [0.25, 0.3) is 0 Å². The summed E-state index contributed by atoms with van der Waals surface area (Å²) >= 11 is 0. The molecule has 0 aromatic heterocycles. The molecule has 0 aromatic carbocycles. The van der Waals surface area contributed by atoms with E-state index in [0.717, 1.165) is 173 Å². The number of allylic oxidation sites excluding steroid dienone is 28. The molecular weight excluding hydrogens is 1270 g/mol. The van der Waals surface area contributed by atoms with Crippen molar-refractivity contribution in [2.24, 2.45) is 0 Å². The lowest BCUT2D eigenvalue weighted by molar-refractivity contribution is -0.161. The molecule has 0 aromatic rings. The second-order valence-corrected chi connectivity index (χ2v) is 26.5. The molecule has 0 spiro atoms. The molecule has 97 heavy (non-hydrogen) atoms. The van der Waals surface area contributed by atoms with E-state index in [1.807, 2.05) is 0 Å². The largest absolute Gasteiger partial charge is 0.472 e. The van der Waals surface area contributed by atoms with E-state index in [1.165, 1.54) is 19.3 Å². The second kappa shape index (κ2) is 70.8. The number of phosphoric ester groups is 2. The van der Waals surface area contributed by atoms with Gasteiger partial charge in [-0.3, -0.25) is 32.5 Å². The van der Waals surface area contributed by atoms with Gasteiger partial charge in [-0.15, -0.1) is 0 Å². The Balaban J connectivity index is 4.80. The zero-order chi connectivity index (χ0) is 70.9.